The van der Waals surface area contributed by atoms with E-state index in [-0.39, 0.29) is 5.75 Å². The summed E-state index contributed by atoms with van der Waals surface area (Å²) in [5.41, 5.74) is 5.77. The minimum absolute atomic E-state index is 0.163. The zero-order valence-corrected chi connectivity index (χ0v) is 16.8. The van der Waals surface area contributed by atoms with E-state index in [1.807, 2.05) is 26.0 Å². The van der Waals surface area contributed by atoms with Crippen LogP contribution in [0.15, 0.2) is 48.5 Å². The molecule has 0 radical (unpaired) electrons. The van der Waals surface area contributed by atoms with Crippen LogP contribution in [0.2, 0.25) is 0 Å². The average molecular weight is 417 g/mol. The third kappa shape index (κ3) is 7.08. The van der Waals surface area contributed by atoms with E-state index < -0.39 is 36.8 Å². The van der Waals surface area contributed by atoms with Crippen molar-refractivity contribution in [3.05, 3.63) is 59.9 Å². The van der Waals surface area contributed by atoms with Gasteiger partial charge in [0.25, 0.3) is 11.8 Å². The fourth-order valence-corrected chi connectivity index (χ4v) is 2.53. The molecule has 8 nitrogen and oxygen atoms in total. The highest BCUT2D eigenvalue weighted by atomic mass is 19.1. The summed E-state index contributed by atoms with van der Waals surface area (Å²) in [6.45, 7) is 4.70. The molecule has 160 valence electrons. The summed E-state index contributed by atoms with van der Waals surface area (Å²) in [6, 6.07) is 12.2. The first-order valence-corrected chi connectivity index (χ1v) is 9.41. The van der Waals surface area contributed by atoms with Crippen LogP contribution in [0.25, 0.3) is 0 Å². The summed E-state index contributed by atoms with van der Waals surface area (Å²) in [6.07, 6.45) is 0. The number of ether oxygens (including phenoxy) is 2. The summed E-state index contributed by atoms with van der Waals surface area (Å²) < 4.78 is 22.8. The predicted molar refractivity (Wildman–Crippen MR) is 108 cm³/mol. The van der Waals surface area contributed by atoms with Crippen LogP contribution in [0.1, 0.15) is 24.2 Å². The van der Waals surface area contributed by atoms with E-state index in [1.54, 1.807) is 12.1 Å². The molecule has 0 aliphatic carbocycles. The van der Waals surface area contributed by atoms with Gasteiger partial charge in [0.05, 0.1) is 0 Å². The van der Waals surface area contributed by atoms with E-state index in [1.165, 1.54) is 18.2 Å². The summed E-state index contributed by atoms with van der Waals surface area (Å²) >= 11 is 0. The second-order valence-electron chi connectivity index (χ2n) is 6.13. The Morgan fingerprint density at radius 1 is 0.967 bits per heavy atom. The molecule has 0 bridgehead atoms. The quantitative estimate of drug-likeness (QED) is 0.479. The van der Waals surface area contributed by atoms with Crippen molar-refractivity contribution in [1.29, 1.82) is 0 Å². The molecular formula is C21H24FN3O5. The third-order valence-electron chi connectivity index (χ3n) is 4.09. The number of anilines is 1. The second kappa shape index (κ2) is 11.4. The zero-order valence-electron chi connectivity index (χ0n) is 16.8. The Labute approximate surface area is 173 Å². The Balaban J connectivity index is 1.70. The molecular weight excluding hydrogens is 393 g/mol. The molecule has 0 atom stereocenters. The van der Waals surface area contributed by atoms with Crippen molar-refractivity contribution < 1.29 is 28.2 Å². The van der Waals surface area contributed by atoms with Gasteiger partial charge in [-0.1, -0.05) is 6.07 Å². The number of nitrogens with one attached hydrogen (secondary N) is 2. The summed E-state index contributed by atoms with van der Waals surface area (Å²) in [4.78, 5) is 37.5. The number of hydrazine groups is 1. The van der Waals surface area contributed by atoms with Crippen LogP contribution in [0, 0.1) is 5.82 Å². The lowest BCUT2D eigenvalue weighted by Gasteiger charge is -2.21. The van der Waals surface area contributed by atoms with Crippen LogP contribution in [0.4, 0.5) is 10.1 Å². The van der Waals surface area contributed by atoms with Crippen LogP contribution in [-0.2, 0) is 14.3 Å². The van der Waals surface area contributed by atoms with Crippen LogP contribution in [0.3, 0.4) is 0 Å². The fourth-order valence-electron chi connectivity index (χ4n) is 2.53. The maximum absolute atomic E-state index is 13.0. The van der Waals surface area contributed by atoms with Gasteiger partial charge in [-0.3, -0.25) is 20.4 Å². The Hall–Kier alpha value is -3.62. The molecule has 2 N–H and O–H groups in total. The Morgan fingerprint density at radius 3 is 2.30 bits per heavy atom. The number of carbonyl (C=O) groups is 3. The molecule has 0 heterocycles. The maximum atomic E-state index is 13.0. The highest BCUT2D eigenvalue weighted by molar-refractivity contribution is 5.95. The molecule has 2 amide bonds. The number of nitrogens with zero attached hydrogens (tertiary/aromatic N) is 1. The monoisotopic (exact) mass is 417 g/mol. The smallest absolute Gasteiger partial charge is 0.344 e. The van der Waals surface area contributed by atoms with Crippen molar-refractivity contribution in [2.24, 2.45) is 0 Å². The van der Waals surface area contributed by atoms with Crippen molar-refractivity contribution >= 4 is 23.5 Å². The van der Waals surface area contributed by atoms with E-state index in [4.69, 9.17) is 9.47 Å². The minimum atomic E-state index is -0.812. The third-order valence-corrected chi connectivity index (χ3v) is 4.09. The number of amides is 2. The molecule has 0 spiro atoms. The number of esters is 1. The first-order chi connectivity index (χ1) is 14.4. The standard InChI is InChI=1S/C21H24FN3O5/c1-3-25(4-2)17-10-8-15(9-11-17)21(28)24-23-19(26)13-30-20(27)14-29-18-7-5-6-16(22)12-18/h5-12H,3-4,13-14H2,1-2H3,(H,23,26)(H,24,28). The van der Waals surface area contributed by atoms with Crippen LogP contribution >= 0.6 is 0 Å². The lowest BCUT2D eigenvalue weighted by Crippen LogP contribution is -2.43. The number of carbonyl (C=O) groups excluding carboxylic acids is 3. The zero-order chi connectivity index (χ0) is 21.9. The van der Waals surface area contributed by atoms with E-state index in [9.17, 15) is 18.8 Å². The average Bonchev–Trinajstić information content (AvgIpc) is 2.76. The van der Waals surface area contributed by atoms with Gasteiger partial charge in [0.2, 0.25) is 0 Å². The lowest BCUT2D eigenvalue weighted by atomic mass is 10.2. The Morgan fingerprint density at radius 2 is 1.67 bits per heavy atom. The highest BCUT2D eigenvalue weighted by Gasteiger charge is 2.11. The van der Waals surface area contributed by atoms with Crippen LogP contribution in [-0.4, -0.2) is 44.1 Å². The molecule has 30 heavy (non-hydrogen) atoms. The van der Waals surface area contributed by atoms with Gasteiger partial charge in [-0.25, -0.2) is 9.18 Å². The molecule has 0 saturated heterocycles. The molecule has 2 aromatic carbocycles. The van der Waals surface area contributed by atoms with Crippen LogP contribution < -0.4 is 20.5 Å². The van der Waals surface area contributed by atoms with Gasteiger partial charge in [-0.05, 0) is 50.2 Å². The SMILES string of the molecule is CCN(CC)c1ccc(C(=O)NNC(=O)COC(=O)COc2cccc(F)c2)cc1. The highest BCUT2D eigenvalue weighted by Crippen LogP contribution is 2.14. The van der Waals surface area contributed by atoms with Gasteiger partial charge in [0.15, 0.2) is 13.2 Å². The van der Waals surface area contributed by atoms with E-state index >= 15 is 0 Å². The second-order valence-corrected chi connectivity index (χ2v) is 6.13. The van der Waals surface area contributed by atoms with Crippen molar-refractivity contribution in [1.82, 2.24) is 10.9 Å². The van der Waals surface area contributed by atoms with Gasteiger partial charge in [-0.15, -0.1) is 0 Å². The fraction of sp³-hybridized carbons (Fsp3) is 0.286. The summed E-state index contributed by atoms with van der Waals surface area (Å²) in [5.74, 6) is -2.38. The topological polar surface area (TPSA) is 97.0 Å². The number of benzene rings is 2. The Bertz CT molecular complexity index is 869. The lowest BCUT2D eigenvalue weighted by molar-refractivity contribution is -0.150. The van der Waals surface area contributed by atoms with Gasteiger partial charge in [0.1, 0.15) is 11.6 Å². The predicted octanol–water partition coefficient (Wildman–Crippen LogP) is 2.06. The molecule has 0 aliphatic rings. The molecule has 9 heteroatoms. The van der Waals surface area contributed by atoms with Crippen molar-refractivity contribution in [2.45, 2.75) is 13.8 Å². The number of rotatable bonds is 9. The van der Waals surface area contributed by atoms with Crippen molar-refractivity contribution in [3.8, 4) is 5.75 Å². The van der Waals surface area contributed by atoms with Gasteiger partial charge in [-0.2, -0.15) is 0 Å². The summed E-state index contributed by atoms with van der Waals surface area (Å²) in [7, 11) is 0. The van der Waals surface area contributed by atoms with Gasteiger partial charge < -0.3 is 14.4 Å². The number of halogens is 1. The van der Waals surface area contributed by atoms with Gasteiger partial charge >= 0.3 is 5.97 Å². The van der Waals surface area contributed by atoms with Gasteiger partial charge in [0, 0.05) is 30.4 Å². The molecule has 0 fully saturated rings. The first-order valence-electron chi connectivity index (χ1n) is 9.41. The first kappa shape index (κ1) is 22.7. The summed E-state index contributed by atoms with van der Waals surface area (Å²) in [5, 5.41) is 0. The molecule has 0 aliphatic heterocycles. The van der Waals surface area contributed by atoms with E-state index in [0.29, 0.717) is 5.56 Å². The van der Waals surface area contributed by atoms with E-state index in [2.05, 4.69) is 15.8 Å². The van der Waals surface area contributed by atoms with Crippen LogP contribution in [0.5, 0.6) is 5.75 Å². The number of hydrogen-bond donors (Lipinski definition) is 2. The normalized spacial score (nSPS) is 10.1. The molecule has 2 rings (SSSR count). The minimum Gasteiger partial charge on any atom is -0.482 e. The maximum Gasteiger partial charge on any atom is 0.344 e. The Kier molecular flexibility index (Phi) is 8.61. The molecule has 0 saturated carbocycles. The van der Waals surface area contributed by atoms with Crippen molar-refractivity contribution in [2.75, 3.05) is 31.2 Å². The molecule has 2 aromatic rings. The largest absolute Gasteiger partial charge is 0.482 e. The number of hydrogen-bond acceptors (Lipinski definition) is 6. The van der Waals surface area contributed by atoms with Crippen molar-refractivity contribution in [3.63, 3.8) is 0 Å². The molecule has 0 unspecified atom stereocenters. The molecule has 0 aromatic heterocycles. The van der Waals surface area contributed by atoms with E-state index in [0.717, 1.165) is 24.8 Å².